The molecule has 0 unspecified atom stereocenters. The van der Waals surface area contributed by atoms with Crippen LogP contribution in [0.2, 0.25) is 5.15 Å². The molecule has 7 heteroatoms. The molecule has 1 rings (SSSR count). The molecule has 0 spiro atoms. The van der Waals surface area contributed by atoms with Gasteiger partial charge in [0.25, 0.3) is 6.43 Å². The van der Waals surface area contributed by atoms with E-state index in [1.165, 1.54) is 0 Å². The van der Waals surface area contributed by atoms with E-state index in [0.717, 1.165) is 6.07 Å². The summed E-state index contributed by atoms with van der Waals surface area (Å²) >= 11 is 5.61. The smallest absolute Gasteiger partial charge is 0.306 e. The van der Waals surface area contributed by atoms with Crippen molar-refractivity contribution in [3.63, 3.8) is 0 Å². The number of alkyl halides is 2. The van der Waals surface area contributed by atoms with Gasteiger partial charge in [-0.2, -0.15) is 0 Å². The van der Waals surface area contributed by atoms with Crippen LogP contribution in [0.1, 0.15) is 31.0 Å². The monoisotopic (exact) mass is 278 g/mol. The number of anilines is 1. The molecule has 0 saturated heterocycles. The summed E-state index contributed by atoms with van der Waals surface area (Å²) in [6.45, 7) is 1.98. The van der Waals surface area contributed by atoms with Crippen LogP contribution in [0.4, 0.5) is 14.5 Å². The van der Waals surface area contributed by atoms with Gasteiger partial charge in [0.2, 0.25) is 0 Å². The fraction of sp³-hybridized carbons (Fsp3) is 0.455. The Kier molecular flexibility index (Phi) is 5.27. The molecule has 0 aliphatic carbocycles. The molecule has 0 saturated carbocycles. The number of esters is 1. The van der Waals surface area contributed by atoms with E-state index in [2.05, 4.69) is 4.98 Å². The SMILES string of the molecule is CCOC(=O)CCc1nc(Cl)c(C(F)F)cc1N. The minimum Gasteiger partial charge on any atom is -0.466 e. The predicted octanol–water partition coefficient (Wildman–Crippen LogP) is 2.75. The van der Waals surface area contributed by atoms with E-state index >= 15 is 0 Å². The summed E-state index contributed by atoms with van der Waals surface area (Å²) in [5.41, 5.74) is 5.59. The first-order valence-electron chi connectivity index (χ1n) is 5.34. The Hall–Kier alpha value is -1.43. The van der Waals surface area contributed by atoms with Gasteiger partial charge in [0.15, 0.2) is 0 Å². The van der Waals surface area contributed by atoms with Crippen LogP contribution in [0.3, 0.4) is 0 Å². The highest BCUT2D eigenvalue weighted by atomic mass is 35.5. The molecule has 0 aliphatic heterocycles. The summed E-state index contributed by atoms with van der Waals surface area (Å²) in [5, 5.41) is -0.293. The zero-order valence-electron chi connectivity index (χ0n) is 9.75. The topological polar surface area (TPSA) is 65.2 Å². The number of aromatic nitrogens is 1. The first-order chi connectivity index (χ1) is 8.45. The third kappa shape index (κ3) is 3.80. The van der Waals surface area contributed by atoms with Crippen LogP contribution >= 0.6 is 11.6 Å². The minimum absolute atomic E-state index is 0.0788. The lowest BCUT2D eigenvalue weighted by molar-refractivity contribution is -0.143. The second-order valence-electron chi connectivity index (χ2n) is 3.51. The summed E-state index contributed by atoms with van der Waals surface area (Å²) < 4.78 is 29.7. The number of nitrogens with two attached hydrogens (primary N) is 1. The number of carbonyl (C=O) groups excluding carboxylic acids is 1. The van der Waals surface area contributed by atoms with Crippen LogP contribution in [-0.4, -0.2) is 17.6 Å². The van der Waals surface area contributed by atoms with E-state index in [1.807, 2.05) is 0 Å². The van der Waals surface area contributed by atoms with E-state index in [1.54, 1.807) is 6.92 Å². The molecule has 0 fully saturated rings. The highest BCUT2D eigenvalue weighted by Crippen LogP contribution is 2.28. The second-order valence-corrected chi connectivity index (χ2v) is 3.87. The van der Waals surface area contributed by atoms with Gasteiger partial charge >= 0.3 is 5.97 Å². The van der Waals surface area contributed by atoms with Crippen molar-refractivity contribution >= 4 is 23.3 Å². The molecular weight excluding hydrogens is 266 g/mol. The minimum atomic E-state index is -2.73. The van der Waals surface area contributed by atoms with Gasteiger partial charge in [0.1, 0.15) is 5.15 Å². The molecule has 0 aliphatic rings. The first-order valence-corrected chi connectivity index (χ1v) is 5.72. The number of hydrogen-bond donors (Lipinski definition) is 1. The number of aryl methyl sites for hydroxylation is 1. The quantitative estimate of drug-likeness (QED) is 0.664. The third-order valence-electron chi connectivity index (χ3n) is 2.22. The number of ether oxygens (including phenoxy) is 1. The van der Waals surface area contributed by atoms with Crippen LogP contribution < -0.4 is 5.73 Å². The zero-order valence-corrected chi connectivity index (χ0v) is 10.5. The summed E-state index contributed by atoms with van der Waals surface area (Å²) in [7, 11) is 0. The lowest BCUT2D eigenvalue weighted by atomic mass is 10.1. The number of halogens is 3. The third-order valence-corrected chi connectivity index (χ3v) is 2.52. The number of nitrogen functional groups attached to an aromatic ring is 1. The Labute approximate surface area is 108 Å². The van der Waals surface area contributed by atoms with Gasteiger partial charge in [-0.3, -0.25) is 4.79 Å². The second kappa shape index (κ2) is 6.49. The predicted molar refractivity (Wildman–Crippen MR) is 63.6 cm³/mol. The van der Waals surface area contributed by atoms with Crippen molar-refractivity contribution in [2.75, 3.05) is 12.3 Å². The number of nitrogens with zero attached hydrogens (tertiary/aromatic N) is 1. The maximum absolute atomic E-state index is 12.5. The van der Waals surface area contributed by atoms with Crippen LogP contribution in [-0.2, 0) is 16.0 Å². The van der Waals surface area contributed by atoms with Gasteiger partial charge in [-0.1, -0.05) is 11.6 Å². The van der Waals surface area contributed by atoms with Crippen LogP contribution in [0.15, 0.2) is 6.07 Å². The summed E-state index contributed by atoms with van der Waals surface area (Å²) in [6, 6.07) is 1.08. The fourth-order valence-electron chi connectivity index (χ4n) is 1.36. The molecule has 100 valence electrons. The van der Waals surface area contributed by atoms with Gasteiger partial charge in [-0.25, -0.2) is 13.8 Å². The number of carbonyl (C=O) groups is 1. The standard InChI is InChI=1S/C11H13ClF2N2O2/c1-2-18-9(17)4-3-8-7(15)5-6(11(13)14)10(12)16-8/h5,11H,2-4,15H2,1H3. The molecule has 4 nitrogen and oxygen atoms in total. The largest absolute Gasteiger partial charge is 0.466 e. The number of pyridine rings is 1. The molecule has 1 aromatic heterocycles. The van der Waals surface area contributed by atoms with E-state index in [9.17, 15) is 13.6 Å². The van der Waals surface area contributed by atoms with Gasteiger partial charge in [0.05, 0.1) is 30.0 Å². The van der Waals surface area contributed by atoms with Gasteiger partial charge < -0.3 is 10.5 Å². The van der Waals surface area contributed by atoms with Gasteiger partial charge in [-0.05, 0) is 13.0 Å². The molecule has 1 heterocycles. The highest BCUT2D eigenvalue weighted by Gasteiger charge is 2.16. The molecule has 18 heavy (non-hydrogen) atoms. The molecular formula is C11H13ClF2N2O2. The van der Waals surface area contributed by atoms with E-state index in [0.29, 0.717) is 5.69 Å². The Morgan fingerprint density at radius 2 is 2.28 bits per heavy atom. The fourth-order valence-corrected chi connectivity index (χ4v) is 1.60. The molecule has 0 atom stereocenters. The normalized spacial score (nSPS) is 10.7. The maximum atomic E-state index is 12.5. The zero-order chi connectivity index (χ0) is 13.7. The van der Waals surface area contributed by atoms with Gasteiger partial charge in [-0.15, -0.1) is 0 Å². The average Bonchev–Trinajstić information content (AvgIpc) is 2.29. The Morgan fingerprint density at radius 3 is 2.83 bits per heavy atom. The maximum Gasteiger partial charge on any atom is 0.306 e. The summed E-state index contributed by atoms with van der Waals surface area (Å²) in [4.78, 5) is 14.9. The molecule has 2 N–H and O–H groups in total. The van der Waals surface area contributed by atoms with E-state index in [-0.39, 0.29) is 30.3 Å². The van der Waals surface area contributed by atoms with Crippen LogP contribution in [0, 0.1) is 0 Å². The van der Waals surface area contributed by atoms with E-state index < -0.39 is 18.0 Å². The number of hydrogen-bond acceptors (Lipinski definition) is 4. The van der Waals surface area contributed by atoms with Crippen molar-refractivity contribution in [2.24, 2.45) is 0 Å². The number of rotatable bonds is 5. The lowest BCUT2D eigenvalue weighted by Gasteiger charge is -2.09. The van der Waals surface area contributed by atoms with Crippen LogP contribution in [0.5, 0.6) is 0 Å². The van der Waals surface area contributed by atoms with Crippen molar-refractivity contribution in [3.8, 4) is 0 Å². The van der Waals surface area contributed by atoms with Crippen molar-refractivity contribution in [2.45, 2.75) is 26.2 Å². The molecule has 0 aromatic carbocycles. The summed E-state index contributed by atoms with van der Waals surface area (Å²) in [6.07, 6.45) is -2.45. The summed E-state index contributed by atoms with van der Waals surface area (Å²) in [5.74, 6) is -0.396. The van der Waals surface area contributed by atoms with E-state index in [4.69, 9.17) is 22.1 Å². The Balaban J connectivity index is 2.79. The lowest BCUT2D eigenvalue weighted by Crippen LogP contribution is -2.08. The van der Waals surface area contributed by atoms with Crippen molar-refractivity contribution < 1.29 is 18.3 Å². The molecule has 0 radical (unpaired) electrons. The molecule has 0 bridgehead atoms. The van der Waals surface area contributed by atoms with Crippen molar-refractivity contribution in [3.05, 3.63) is 22.5 Å². The Morgan fingerprint density at radius 1 is 1.61 bits per heavy atom. The molecule has 1 aromatic rings. The van der Waals surface area contributed by atoms with Gasteiger partial charge in [0, 0.05) is 6.42 Å². The first kappa shape index (κ1) is 14.6. The van der Waals surface area contributed by atoms with Crippen molar-refractivity contribution in [1.29, 1.82) is 0 Å². The van der Waals surface area contributed by atoms with Crippen molar-refractivity contribution in [1.82, 2.24) is 4.98 Å². The highest BCUT2D eigenvalue weighted by molar-refractivity contribution is 6.30. The van der Waals surface area contributed by atoms with Crippen LogP contribution in [0.25, 0.3) is 0 Å². The average molecular weight is 279 g/mol. The Bertz CT molecular complexity index is 441. The molecule has 0 amide bonds.